The van der Waals surface area contributed by atoms with E-state index in [1.54, 1.807) is 6.92 Å². The highest BCUT2D eigenvalue weighted by Gasteiger charge is 2.19. The van der Waals surface area contributed by atoms with E-state index in [4.69, 9.17) is 21.3 Å². The summed E-state index contributed by atoms with van der Waals surface area (Å²) in [5.41, 5.74) is 11.2. The molecule has 2 aromatic rings. The quantitative estimate of drug-likeness (QED) is 0.733. The van der Waals surface area contributed by atoms with Gasteiger partial charge in [-0.25, -0.2) is 0 Å². The fourth-order valence-corrected chi connectivity index (χ4v) is 2.54. The van der Waals surface area contributed by atoms with Gasteiger partial charge >= 0.3 is 0 Å². The number of carbonyl (C=O) groups is 1. The van der Waals surface area contributed by atoms with Crippen LogP contribution in [0.15, 0.2) is 4.52 Å². The van der Waals surface area contributed by atoms with Gasteiger partial charge in [0.15, 0.2) is 5.82 Å². The van der Waals surface area contributed by atoms with Gasteiger partial charge < -0.3 is 21.3 Å². The zero-order valence-electron chi connectivity index (χ0n) is 10.6. The smallest absolute Gasteiger partial charge is 0.261 e. The highest BCUT2D eigenvalue weighted by Crippen LogP contribution is 2.34. The third-order valence-corrected chi connectivity index (χ3v) is 3.65. The molecule has 0 fully saturated rings. The van der Waals surface area contributed by atoms with Crippen molar-refractivity contribution in [3.05, 3.63) is 22.2 Å². The van der Waals surface area contributed by atoms with Crippen molar-refractivity contribution in [3.8, 4) is 6.07 Å². The number of nitrogens with zero attached hydrogens (tertiary/aromatic N) is 3. The minimum atomic E-state index is -0.649. The van der Waals surface area contributed by atoms with Gasteiger partial charge in [0.25, 0.3) is 5.91 Å². The fourth-order valence-electron chi connectivity index (χ4n) is 1.59. The molecule has 1 amide bonds. The Morgan fingerprint density at radius 1 is 1.60 bits per heavy atom. The average molecular weight is 292 g/mol. The summed E-state index contributed by atoms with van der Waals surface area (Å²) < 4.78 is 4.96. The number of nitrogens with two attached hydrogens (primary N) is 2. The number of nitriles is 1. The number of nitrogens with one attached hydrogen (secondary N) is 1. The minimum absolute atomic E-state index is 0.112. The molecule has 9 heteroatoms. The summed E-state index contributed by atoms with van der Waals surface area (Å²) in [6, 6.07) is 1.96. The van der Waals surface area contributed by atoms with Crippen molar-refractivity contribution < 1.29 is 9.32 Å². The third-order valence-electron chi connectivity index (χ3n) is 2.47. The molecular formula is C11H12N6O2S. The number of thiophene rings is 1. The van der Waals surface area contributed by atoms with E-state index in [2.05, 4.69) is 15.5 Å². The predicted molar refractivity (Wildman–Crippen MR) is 73.2 cm³/mol. The minimum Gasteiger partial charge on any atom is -0.396 e. The van der Waals surface area contributed by atoms with E-state index in [0.29, 0.717) is 29.7 Å². The van der Waals surface area contributed by atoms with Crippen LogP contribution >= 0.6 is 11.3 Å². The molecule has 20 heavy (non-hydrogen) atoms. The van der Waals surface area contributed by atoms with E-state index in [1.165, 1.54) is 0 Å². The first-order valence-corrected chi connectivity index (χ1v) is 6.49. The van der Waals surface area contributed by atoms with E-state index in [1.807, 2.05) is 6.07 Å². The molecule has 0 radical (unpaired) electrons. The lowest BCUT2D eigenvalue weighted by atomic mass is 10.2. The van der Waals surface area contributed by atoms with E-state index >= 15 is 0 Å². The normalized spacial score (nSPS) is 10.2. The summed E-state index contributed by atoms with van der Waals surface area (Å²) in [5, 5.41) is 16.3. The van der Waals surface area contributed by atoms with Crippen molar-refractivity contribution in [1.29, 1.82) is 5.26 Å². The van der Waals surface area contributed by atoms with Crippen LogP contribution in [0.25, 0.3) is 0 Å². The Morgan fingerprint density at radius 3 is 2.90 bits per heavy atom. The largest absolute Gasteiger partial charge is 0.396 e. The highest BCUT2D eigenvalue weighted by atomic mass is 32.1. The molecule has 0 aliphatic rings. The number of carbonyl (C=O) groups excluding carboxylic acids is 1. The van der Waals surface area contributed by atoms with Gasteiger partial charge in [0.1, 0.15) is 21.5 Å². The molecule has 0 bridgehead atoms. The molecule has 0 saturated carbocycles. The molecule has 104 valence electrons. The van der Waals surface area contributed by atoms with Crippen molar-refractivity contribution in [2.45, 2.75) is 13.3 Å². The van der Waals surface area contributed by atoms with Crippen LogP contribution < -0.4 is 16.8 Å². The van der Waals surface area contributed by atoms with E-state index in [-0.39, 0.29) is 16.1 Å². The topological polar surface area (TPSA) is 144 Å². The summed E-state index contributed by atoms with van der Waals surface area (Å²) in [6.45, 7) is 2.20. The van der Waals surface area contributed by atoms with Gasteiger partial charge in [0, 0.05) is 13.0 Å². The fraction of sp³-hybridized carbons (Fsp3) is 0.273. The Labute approximate surface area is 118 Å². The number of nitrogen functional groups attached to an aromatic ring is 1. The third kappa shape index (κ3) is 2.70. The lowest BCUT2D eigenvalue weighted by Gasteiger charge is -2.01. The van der Waals surface area contributed by atoms with Crippen LogP contribution in [0.3, 0.4) is 0 Å². The van der Waals surface area contributed by atoms with Crippen LogP contribution in [0.2, 0.25) is 0 Å². The maximum Gasteiger partial charge on any atom is 0.261 e. The van der Waals surface area contributed by atoms with Gasteiger partial charge in [-0.3, -0.25) is 4.79 Å². The Hall–Kier alpha value is -2.60. The van der Waals surface area contributed by atoms with Crippen molar-refractivity contribution in [3.63, 3.8) is 0 Å². The molecule has 0 unspecified atom stereocenters. The number of aromatic nitrogens is 2. The Kier molecular flexibility index (Phi) is 3.86. The molecule has 2 heterocycles. The highest BCUT2D eigenvalue weighted by molar-refractivity contribution is 7.18. The SMILES string of the molecule is Cc1noc(CCNc2sc(C(N)=O)c(N)c2C#N)n1. The number of amides is 1. The molecule has 0 spiro atoms. The van der Waals surface area contributed by atoms with Crippen LogP contribution in [0.5, 0.6) is 0 Å². The number of anilines is 2. The summed E-state index contributed by atoms with van der Waals surface area (Å²) in [6.07, 6.45) is 0.495. The van der Waals surface area contributed by atoms with Crippen LogP contribution in [-0.2, 0) is 6.42 Å². The van der Waals surface area contributed by atoms with Gasteiger partial charge in [0.2, 0.25) is 5.89 Å². The van der Waals surface area contributed by atoms with Crippen LogP contribution in [0.1, 0.15) is 27.0 Å². The van der Waals surface area contributed by atoms with E-state index < -0.39 is 5.91 Å². The number of rotatable bonds is 5. The molecule has 2 aromatic heterocycles. The first kappa shape index (κ1) is 13.8. The van der Waals surface area contributed by atoms with Crippen LogP contribution in [-0.4, -0.2) is 22.6 Å². The van der Waals surface area contributed by atoms with Gasteiger partial charge in [-0.05, 0) is 6.92 Å². The number of aryl methyl sites for hydroxylation is 1. The van der Waals surface area contributed by atoms with Crippen molar-refractivity contribution >= 4 is 27.9 Å². The number of primary amides is 1. The van der Waals surface area contributed by atoms with Crippen LogP contribution in [0.4, 0.5) is 10.7 Å². The maximum absolute atomic E-state index is 11.2. The lowest BCUT2D eigenvalue weighted by molar-refractivity contribution is 0.100. The second-order valence-electron chi connectivity index (χ2n) is 3.94. The van der Waals surface area contributed by atoms with Crippen molar-refractivity contribution in [2.24, 2.45) is 5.73 Å². The first-order valence-electron chi connectivity index (χ1n) is 5.68. The zero-order chi connectivity index (χ0) is 14.7. The summed E-state index contributed by atoms with van der Waals surface area (Å²) in [5.74, 6) is 0.409. The van der Waals surface area contributed by atoms with Crippen molar-refractivity contribution in [2.75, 3.05) is 17.6 Å². The molecule has 2 rings (SSSR count). The summed E-state index contributed by atoms with van der Waals surface area (Å²) in [4.78, 5) is 15.4. The molecule has 8 nitrogen and oxygen atoms in total. The Bertz CT molecular complexity index is 684. The number of hydrogen-bond acceptors (Lipinski definition) is 8. The molecule has 0 aromatic carbocycles. The lowest BCUT2D eigenvalue weighted by Crippen LogP contribution is -2.10. The molecule has 0 atom stereocenters. The molecule has 5 N–H and O–H groups in total. The van der Waals surface area contributed by atoms with Gasteiger partial charge in [0.05, 0.1) is 5.69 Å². The summed E-state index contributed by atoms with van der Waals surface area (Å²) in [7, 11) is 0. The summed E-state index contributed by atoms with van der Waals surface area (Å²) >= 11 is 1.06. The van der Waals surface area contributed by atoms with Crippen LogP contribution in [0, 0.1) is 18.3 Å². The first-order chi connectivity index (χ1) is 9.52. The Morgan fingerprint density at radius 2 is 2.35 bits per heavy atom. The molecular weight excluding hydrogens is 280 g/mol. The molecule has 0 aliphatic carbocycles. The molecule has 0 aliphatic heterocycles. The van der Waals surface area contributed by atoms with E-state index in [9.17, 15) is 4.79 Å². The zero-order valence-corrected chi connectivity index (χ0v) is 11.5. The molecule has 0 saturated heterocycles. The van der Waals surface area contributed by atoms with Crippen molar-refractivity contribution in [1.82, 2.24) is 10.1 Å². The maximum atomic E-state index is 11.2. The monoisotopic (exact) mass is 292 g/mol. The van der Waals surface area contributed by atoms with Gasteiger partial charge in [-0.15, -0.1) is 11.3 Å². The second kappa shape index (κ2) is 5.58. The second-order valence-corrected chi connectivity index (χ2v) is 4.96. The average Bonchev–Trinajstić information content (AvgIpc) is 2.94. The Balaban J connectivity index is 2.08. The number of hydrogen-bond donors (Lipinski definition) is 3. The van der Waals surface area contributed by atoms with Gasteiger partial charge in [-0.1, -0.05) is 5.16 Å². The van der Waals surface area contributed by atoms with Gasteiger partial charge in [-0.2, -0.15) is 10.2 Å². The standard InChI is InChI=1S/C11H12N6O2S/c1-5-16-7(19-17-5)2-3-15-11-6(4-12)8(13)9(20-11)10(14)18/h15H,2-3,13H2,1H3,(H2,14,18). The van der Waals surface area contributed by atoms with E-state index in [0.717, 1.165) is 11.3 Å². The predicted octanol–water partition coefficient (Wildman–Crippen LogP) is 0.647.